The predicted molar refractivity (Wildman–Crippen MR) is 90.9 cm³/mol. The van der Waals surface area contributed by atoms with Gasteiger partial charge in [0, 0.05) is 31.4 Å². The Bertz CT molecular complexity index is 889. The molecular weight excluding hydrogens is 306 g/mol. The minimum absolute atomic E-state index is 0.108. The van der Waals surface area contributed by atoms with Crippen LogP contribution in [0.4, 0.5) is 0 Å². The van der Waals surface area contributed by atoms with E-state index in [9.17, 15) is 9.59 Å². The number of benzene rings is 1. The van der Waals surface area contributed by atoms with Gasteiger partial charge >= 0.3 is 0 Å². The fourth-order valence-corrected chi connectivity index (χ4v) is 2.09. The third kappa shape index (κ3) is 3.70. The van der Waals surface area contributed by atoms with Gasteiger partial charge in [-0.3, -0.25) is 9.59 Å². The zero-order chi connectivity index (χ0) is 17.7. The monoisotopic (exact) mass is 323 g/mol. The average molecular weight is 323 g/mol. The van der Waals surface area contributed by atoms with Gasteiger partial charge in [0.2, 0.25) is 0 Å². The number of aromatic amines is 1. The lowest BCUT2D eigenvalue weighted by molar-refractivity contribution is 0.103. The summed E-state index contributed by atoms with van der Waals surface area (Å²) >= 11 is 0. The number of nitriles is 1. The van der Waals surface area contributed by atoms with Gasteiger partial charge in [0.15, 0.2) is 5.78 Å². The Balaban J connectivity index is 2.59. The Morgan fingerprint density at radius 3 is 2.71 bits per heavy atom. The van der Waals surface area contributed by atoms with Gasteiger partial charge in [0.05, 0.1) is 12.8 Å². The van der Waals surface area contributed by atoms with Gasteiger partial charge in [-0.25, -0.2) is 0 Å². The van der Waals surface area contributed by atoms with Crippen LogP contribution in [0.25, 0.3) is 6.08 Å². The van der Waals surface area contributed by atoms with Crippen LogP contribution < -0.4 is 10.3 Å². The summed E-state index contributed by atoms with van der Waals surface area (Å²) in [4.78, 5) is 29.1. The number of hydrogen-bond donors (Lipinski definition) is 1. The maximum Gasteiger partial charge on any atom is 0.266 e. The highest BCUT2D eigenvalue weighted by molar-refractivity contribution is 6.11. The smallest absolute Gasteiger partial charge is 0.266 e. The number of ketones is 1. The van der Waals surface area contributed by atoms with Crippen molar-refractivity contribution in [2.75, 3.05) is 21.2 Å². The second kappa shape index (κ2) is 7.29. The van der Waals surface area contributed by atoms with Gasteiger partial charge < -0.3 is 14.6 Å². The van der Waals surface area contributed by atoms with Gasteiger partial charge in [-0.15, -0.1) is 0 Å². The molecule has 1 N–H and O–H groups in total. The first kappa shape index (κ1) is 17.0. The van der Waals surface area contributed by atoms with E-state index in [-0.39, 0.29) is 16.9 Å². The largest absolute Gasteiger partial charge is 0.497 e. The minimum Gasteiger partial charge on any atom is -0.497 e. The molecule has 0 radical (unpaired) electrons. The quantitative estimate of drug-likeness (QED) is 0.851. The van der Waals surface area contributed by atoms with E-state index in [0.29, 0.717) is 17.0 Å². The van der Waals surface area contributed by atoms with Crippen molar-refractivity contribution in [2.45, 2.75) is 0 Å². The first-order chi connectivity index (χ1) is 11.5. The summed E-state index contributed by atoms with van der Waals surface area (Å²) < 4.78 is 5.13. The molecule has 0 atom stereocenters. The van der Waals surface area contributed by atoms with Gasteiger partial charge in [-0.1, -0.05) is 12.1 Å². The molecule has 0 aliphatic heterocycles. The number of ether oxygens (including phenoxy) is 1. The maximum absolute atomic E-state index is 12.8. The number of aromatic nitrogens is 1. The Labute approximate surface area is 139 Å². The molecular formula is C18H17N3O3. The molecule has 0 saturated carbocycles. The molecule has 1 aromatic carbocycles. The number of pyridine rings is 1. The summed E-state index contributed by atoms with van der Waals surface area (Å²) in [6.07, 6.45) is 3.33. The van der Waals surface area contributed by atoms with Crippen molar-refractivity contribution in [2.24, 2.45) is 0 Å². The van der Waals surface area contributed by atoms with Crippen molar-refractivity contribution in [3.63, 3.8) is 0 Å². The number of carbonyl (C=O) groups excluding carboxylic acids is 1. The lowest BCUT2D eigenvalue weighted by atomic mass is 10.00. The fourth-order valence-electron chi connectivity index (χ4n) is 2.09. The fraction of sp³-hybridized carbons (Fsp3) is 0.167. The highest BCUT2D eigenvalue weighted by Crippen LogP contribution is 2.18. The van der Waals surface area contributed by atoms with Crippen LogP contribution in [0.1, 0.15) is 27.2 Å². The van der Waals surface area contributed by atoms with Crippen LogP contribution in [0, 0.1) is 11.3 Å². The van der Waals surface area contributed by atoms with Crippen molar-refractivity contribution >= 4 is 11.9 Å². The van der Waals surface area contributed by atoms with Crippen LogP contribution in [-0.4, -0.2) is 36.9 Å². The molecule has 6 nitrogen and oxygen atoms in total. The Morgan fingerprint density at radius 1 is 1.33 bits per heavy atom. The number of carbonyl (C=O) groups is 1. The molecule has 0 aliphatic carbocycles. The van der Waals surface area contributed by atoms with Crippen molar-refractivity contribution in [3.05, 3.63) is 69.3 Å². The molecule has 122 valence electrons. The zero-order valence-corrected chi connectivity index (χ0v) is 13.7. The van der Waals surface area contributed by atoms with E-state index in [0.717, 1.165) is 0 Å². The number of nitrogens with one attached hydrogen (secondary N) is 1. The number of nitrogens with zero attached hydrogens (tertiary/aromatic N) is 2. The normalized spacial score (nSPS) is 10.4. The molecule has 0 amide bonds. The lowest BCUT2D eigenvalue weighted by Crippen LogP contribution is -2.16. The second-order valence-electron chi connectivity index (χ2n) is 5.29. The van der Waals surface area contributed by atoms with E-state index < -0.39 is 5.56 Å². The standard InChI is InChI=1S/C18H17N3O3/c1-21(2)8-7-16-15(10-13(11-19)18(23)20-16)17(22)12-5-4-6-14(9-12)24-3/h4-10H,1-3H3,(H,20,23)/b8-7+. The molecule has 0 unspecified atom stereocenters. The van der Waals surface area contributed by atoms with E-state index in [2.05, 4.69) is 4.98 Å². The first-order valence-electron chi connectivity index (χ1n) is 7.17. The molecule has 2 aromatic rings. The molecule has 0 fully saturated rings. The molecule has 0 spiro atoms. The second-order valence-corrected chi connectivity index (χ2v) is 5.29. The average Bonchev–Trinajstić information content (AvgIpc) is 2.59. The van der Waals surface area contributed by atoms with Crippen LogP contribution in [0.3, 0.4) is 0 Å². The van der Waals surface area contributed by atoms with Crippen molar-refractivity contribution in [3.8, 4) is 11.8 Å². The number of hydrogen-bond acceptors (Lipinski definition) is 5. The summed E-state index contributed by atoms with van der Waals surface area (Å²) in [5.74, 6) is 0.247. The van der Waals surface area contributed by atoms with E-state index >= 15 is 0 Å². The van der Waals surface area contributed by atoms with Crippen molar-refractivity contribution in [1.82, 2.24) is 9.88 Å². The molecule has 2 rings (SSSR count). The van der Waals surface area contributed by atoms with E-state index in [1.807, 2.05) is 14.1 Å². The highest BCUT2D eigenvalue weighted by atomic mass is 16.5. The topological polar surface area (TPSA) is 86.2 Å². The molecule has 1 aromatic heterocycles. The highest BCUT2D eigenvalue weighted by Gasteiger charge is 2.16. The molecule has 0 aliphatic rings. The Kier molecular flexibility index (Phi) is 5.17. The number of H-pyrrole nitrogens is 1. The minimum atomic E-state index is -0.530. The van der Waals surface area contributed by atoms with Gasteiger partial charge in [0.25, 0.3) is 5.56 Å². The molecule has 24 heavy (non-hydrogen) atoms. The Morgan fingerprint density at radius 2 is 2.08 bits per heavy atom. The summed E-state index contributed by atoms with van der Waals surface area (Å²) in [6, 6.07) is 9.82. The van der Waals surface area contributed by atoms with Crippen LogP contribution in [0.15, 0.2) is 41.3 Å². The summed E-state index contributed by atoms with van der Waals surface area (Å²) in [7, 11) is 5.16. The zero-order valence-electron chi connectivity index (χ0n) is 13.7. The van der Waals surface area contributed by atoms with E-state index in [1.54, 1.807) is 47.5 Å². The summed E-state index contributed by atoms with van der Waals surface area (Å²) in [5.41, 5.74) is 0.365. The maximum atomic E-state index is 12.8. The van der Waals surface area contributed by atoms with E-state index in [4.69, 9.17) is 10.00 Å². The molecule has 1 heterocycles. The third-order valence-corrected chi connectivity index (χ3v) is 3.31. The van der Waals surface area contributed by atoms with Gasteiger partial charge in [-0.2, -0.15) is 5.26 Å². The van der Waals surface area contributed by atoms with Crippen molar-refractivity contribution < 1.29 is 9.53 Å². The number of rotatable bonds is 5. The molecule has 0 bridgehead atoms. The van der Waals surface area contributed by atoms with Crippen LogP contribution in [0.2, 0.25) is 0 Å². The molecule has 0 saturated heterocycles. The van der Waals surface area contributed by atoms with Gasteiger partial charge in [-0.05, 0) is 24.3 Å². The first-order valence-corrected chi connectivity index (χ1v) is 7.17. The van der Waals surface area contributed by atoms with Crippen LogP contribution >= 0.6 is 0 Å². The predicted octanol–water partition coefficient (Wildman–Crippen LogP) is 2.02. The van der Waals surface area contributed by atoms with Crippen LogP contribution in [-0.2, 0) is 0 Å². The summed E-state index contributed by atoms with van der Waals surface area (Å²) in [6.45, 7) is 0. The summed E-state index contributed by atoms with van der Waals surface area (Å²) in [5, 5.41) is 9.06. The van der Waals surface area contributed by atoms with Crippen molar-refractivity contribution in [1.29, 1.82) is 5.26 Å². The SMILES string of the molecule is COc1cccc(C(=O)c2cc(C#N)c(=O)[nH]c2/C=C/N(C)C)c1. The van der Waals surface area contributed by atoms with E-state index in [1.165, 1.54) is 13.2 Å². The lowest BCUT2D eigenvalue weighted by Gasteiger charge is -2.09. The third-order valence-electron chi connectivity index (χ3n) is 3.31. The van der Waals surface area contributed by atoms with Crippen LogP contribution in [0.5, 0.6) is 5.75 Å². The molecule has 6 heteroatoms. The Hall–Kier alpha value is -3.33. The van der Waals surface area contributed by atoms with Gasteiger partial charge in [0.1, 0.15) is 17.4 Å². The number of methoxy groups -OCH3 is 1.